The molecule has 7 heteroatoms. The van der Waals surface area contributed by atoms with Crippen molar-refractivity contribution in [3.8, 4) is 11.6 Å². The molecule has 2 amide bonds. The zero-order valence-corrected chi connectivity index (χ0v) is 14.6. The summed E-state index contributed by atoms with van der Waals surface area (Å²) in [7, 11) is 0. The maximum absolute atomic E-state index is 12.4. The van der Waals surface area contributed by atoms with Crippen LogP contribution in [-0.4, -0.2) is 36.6 Å². The van der Waals surface area contributed by atoms with E-state index < -0.39 is 0 Å². The van der Waals surface area contributed by atoms with Crippen LogP contribution in [0.25, 0.3) is 0 Å². The zero-order valence-electron chi connectivity index (χ0n) is 14.6. The van der Waals surface area contributed by atoms with Crippen molar-refractivity contribution in [1.29, 1.82) is 0 Å². The Morgan fingerprint density at radius 2 is 2.15 bits per heavy atom. The highest BCUT2D eigenvalue weighted by atomic mass is 16.5. The molecule has 26 heavy (non-hydrogen) atoms. The van der Waals surface area contributed by atoms with E-state index in [9.17, 15) is 9.59 Å². The molecule has 1 aliphatic heterocycles. The molecule has 0 atom stereocenters. The van der Waals surface area contributed by atoms with Gasteiger partial charge in [-0.2, -0.15) is 0 Å². The molecule has 1 aromatic carbocycles. The molecule has 0 unspecified atom stereocenters. The van der Waals surface area contributed by atoms with Gasteiger partial charge in [-0.25, -0.2) is 4.98 Å². The molecule has 0 saturated carbocycles. The quantitative estimate of drug-likeness (QED) is 0.821. The van der Waals surface area contributed by atoms with Crippen LogP contribution in [0.3, 0.4) is 0 Å². The number of hydrogen-bond acceptors (Lipinski definition) is 5. The lowest BCUT2D eigenvalue weighted by atomic mass is 10.2. The van der Waals surface area contributed by atoms with Crippen LogP contribution in [0.1, 0.15) is 18.9 Å². The van der Waals surface area contributed by atoms with Crippen molar-refractivity contribution in [1.82, 2.24) is 10.3 Å². The van der Waals surface area contributed by atoms with Gasteiger partial charge in [-0.15, -0.1) is 0 Å². The van der Waals surface area contributed by atoms with Crippen molar-refractivity contribution in [3.63, 3.8) is 0 Å². The van der Waals surface area contributed by atoms with Crippen molar-refractivity contribution < 1.29 is 19.1 Å². The summed E-state index contributed by atoms with van der Waals surface area (Å²) in [5.74, 6) is 0.609. The van der Waals surface area contributed by atoms with Gasteiger partial charge in [0.1, 0.15) is 12.3 Å². The Morgan fingerprint density at radius 1 is 1.31 bits per heavy atom. The van der Waals surface area contributed by atoms with Gasteiger partial charge in [-0.1, -0.05) is 25.1 Å². The Hall–Kier alpha value is -3.09. The first-order valence-electron chi connectivity index (χ1n) is 8.54. The largest absolute Gasteiger partial charge is 0.482 e. The van der Waals surface area contributed by atoms with Gasteiger partial charge in [0.25, 0.3) is 5.91 Å². The van der Waals surface area contributed by atoms with Crippen molar-refractivity contribution >= 4 is 17.5 Å². The Bertz CT molecular complexity index is 794. The maximum Gasteiger partial charge on any atom is 0.265 e. The van der Waals surface area contributed by atoms with E-state index in [1.807, 2.05) is 19.1 Å². The number of rotatable bonds is 7. The number of fused-ring (bicyclic) bond motifs is 1. The average Bonchev–Trinajstić information content (AvgIpc) is 2.67. The van der Waals surface area contributed by atoms with Gasteiger partial charge < -0.3 is 14.8 Å². The number of benzene rings is 1. The van der Waals surface area contributed by atoms with E-state index in [0.717, 1.165) is 12.0 Å². The number of para-hydroxylation sites is 2. The molecule has 1 N–H and O–H groups in total. The molecule has 1 aromatic heterocycles. The minimum atomic E-state index is -0.264. The summed E-state index contributed by atoms with van der Waals surface area (Å²) >= 11 is 0. The highest BCUT2D eigenvalue weighted by Gasteiger charge is 2.26. The molecule has 0 radical (unpaired) electrons. The molecule has 2 aromatic rings. The number of aromatic nitrogens is 1. The molecular weight excluding hydrogens is 334 g/mol. The van der Waals surface area contributed by atoms with Crippen LogP contribution in [0.4, 0.5) is 5.69 Å². The summed E-state index contributed by atoms with van der Waals surface area (Å²) in [6, 6.07) is 10.8. The second-order valence-electron chi connectivity index (χ2n) is 5.83. The minimum Gasteiger partial charge on any atom is -0.482 e. The number of amides is 2. The smallest absolute Gasteiger partial charge is 0.265 e. The molecule has 1 aliphatic rings. The lowest BCUT2D eigenvalue weighted by Gasteiger charge is -2.28. The lowest BCUT2D eigenvalue weighted by molar-refractivity contribution is -0.125. The Morgan fingerprint density at radius 3 is 3.00 bits per heavy atom. The first-order valence-corrected chi connectivity index (χ1v) is 8.54. The number of hydrogen-bond donors (Lipinski definition) is 1. The molecule has 0 spiro atoms. The van der Waals surface area contributed by atoms with Gasteiger partial charge in [0, 0.05) is 18.3 Å². The molecule has 0 saturated heterocycles. The standard InChI is InChI=1S/C19H21N3O4/c1-2-10-25-19-14(6-5-9-20-19)11-21-17(23)12-22-15-7-3-4-8-16(15)26-13-18(22)24/h3-9H,2,10-13H2,1H3,(H,21,23). The van der Waals surface area contributed by atoms with E-state index in [0.29, 0.717) is 23.9 Å². The van der Waals surface area contributed by atoms with Crippen molar-refractivity contribution in [3.05, 3.63) is 48.2 Å². The van der Waals surface area contributed by atoms with E-state index in [1.54, 1.807) is 30.5 Å². The number of carbonyl (C=O) groups is 2. The summed E-state index contributed by atoms with van der Waals surface area (Å²) < 4.78 is 11.0. The highest BCUT2D eigenvalue weighted by molar-refractivity contribution is 6.02. The normalized spacial score (nSPS) is 13.0. The molecule has 3 rings (SSSR count). The van der Waals surface area contributed by atoms with E-state index in [-0.39, 0.29) is 31.5 Å². The van der Waals surface area contributed by atoms with Crippen LogP contribution in [0.5, 0.6) is 11.6 Å². The van der Waals surface area contributed by atoms with Crippen LogP contribution in [-0.2, 0) is 16.1 Å². The SMILES string of the molecule is CCCOc1ncccc1CNC(=O)CN1C(=O)COc2ccccc21. The fourth-order valence-corrected chi connectivity index (χ4v) is 2.61. The Labute approximate surface area is 151 Å². The Balaban J connectivity index is 1.63. The number of ether oxygens (including phenoxy) is 2. The molecule has 2 heterocycles. The van der Waals surface area contributed by atoms with Gasteiger partial charge in [-0.3, -0.25) is 14.5 Å². The topological polar surface area (TPSA) is 80.8 Å². The fraction of sp³-hybridized carbons (Fsp3) is 0.316. The molecular formula is C19H21N3O4. The molecule has 0 fully saturated rings. The van der Waals surface area contributed by atoms with Gasteiger partial charge in [0.2, 0.25) is 11.8 Å². The van der Waals surface area contributed by atoms with Gasteiger partial charge in [0.15, 0.2) is 6.61 Å². The first kappa shape index (κ1) is 17.7. The molecule has 0 bridgehead atoms. The van der Waals surface area contributed by atoms with Gasteiger partial charge in [0.05, 0.1) is 12.3 Å². The van der Waals surface area contributed by atoms with Crippen molar-refractivity contribution in [2.75, 3.05) is 24.7 Å². The summed E-state index contributed by atoms with van der Waals surface area (Å²) in [4.78, 5) is 30.1. The van der Waals surface area contributed by atoms with Gasteiger partial charge >= 0.3 is 0 Å². The minimum absolute atomic E-state index is 0.0649. The predicted molar refractivity (Wildman–Crippen MR) is 96.2 cm³/mol. The third-order valence-electron chi connectivity index (χ3n) is 3.88. The van der Waals surface area contributed by atoms with E-state index in [4.69, 9.17) is 9.47 Å². The maximum atomic E-state index is 12.4. The number of pyridine rings is 1. The van der Waals surface area contributed by atoms with Crippen molar-refractivity contribution in [2.45, 2.75) is 19.9 Å². The summed E-state index contributed by atoms with van der Waals surface area (Å²) in [6.45, 7) is 2.73. The highest BCUT2D eigenvalue weighted by Crippen LogP contribution is 2.31. The third kappa shape index (κ3) is 4.11. The van der Waals surface area contributed by atoms with Crippen LogP contribution < -0.4 is 19.7 Å². The van der Waals surface area contributed by atoms with E-state index in [1.165, 1.54) is 4.90 Å². The molecule has 7 nitrogen and oxygen atoms in total. The number of nitrogens with one attached hydrogen (secondary N) is 1. The van der Waals surface area contributed by atoms with Crippen LogP contribution in [0.2, 0.25) is 0 Å². The average molecular weight is 355 g/mol. The second kappa shape index (κ2) is 8.33. The first-order chi connectivity index (χ1) is 12.7. The summed E-state index contributed by atoms with van der Waals surface area (Å²) in [5, 5.41) is 2.82. The van der Waals surface area contributed by atoms with E-state index in [2.05, 4.69) is 10.3 Å². The lowest BCUT2D eigenvalue weighted by Crippen LogP contribution is -2.45. The van der Waals surface area contributed by atoms with E-state index >= 15 is 0 Å². The fourth-order valence-electron chi connectivity index (χ4n) is 2.61. The number of anilines is 1. The summed E-state index contributed by atoms with van der Waals surface area (Å²) in [6.07, 6.45) is 2.53. The Kier molecular flexibility index (Phi) is 5.68. The predicted octanol–water partition coefficient (Wildman–Crippen LogP) is 1.91. The second-order valence-corrected chi connectivity index (χ2v) is 5.83. The number of nitrogens with zero attached hydrogens (tertiary/aromatic N) is 2. The third-order valence-corrected chi connectivity index (χ3v) is 3.88. The van der Waals surface area contributed by atoms with Crippen LogP contribution in [0.15, 0.2) is 42.6 Å². The van der Waals surface area contributed by atoms with Gasteiger partial charge in [-0.05, 0) is 24.6 Å². The number of carbonyl (C=O) groups excluding carboxylic acids is 2. The summed E-state index contributed by atoms with van der Waals surface area (Å²) in [5.41, 5.74) is 1.40. The van der Waals surface area contributed by atoms with Crippen LogP contribution in [0, 0.1) is 0 Å². The van der Waals surface area contributed by atoms with Crippen LogP contribution >= 0.6 is 0 Å². The molecule has 136 valence electrons. The molecule has 0 aliphatic carbocycles. The van der Waals surface area contributed by atoms with Crippen molar-refractivity contribution in [2.24, 2.45) is 0 Å². The zero-order chi connectivity index (χ0) is 18.4. The monoisotopic (exact) mass is 355 g/mol.